The number of hydrogen-bond donors (Lipinski definition) is 2. The lowest BCUT2D eigenvalue weighted by Gasteiger charge is -2.41. The van der Waals surface area contributed by atoms with E-state index in [2.05, 4.69) is 5.32 Å². The zero-order valence-corrected chi connectivity index (χ0v) is 9.90. The standard InChI is InChI=1S/C11H20N2O3/c1-3-12-10(14)7-13(4-2)9-6-5-8(9)11(15)16/h8-9H,3-7H2,1-2H3,(H,12,14)(H,15,16). The Labute approximate surface area is 95.8 Å². The lowest BCUT2D eigenvalue weighted by Crippen LogP contribution is -2.52. The largest absolute Gasteiger partial charge is 0.481 e. The van der Waals surface area contributed by atoms with Gasteiger partial charge in [-0.25, -0.2) is 0 Å². The van der Waals surface area contributed by atoms with Gasteiger partial charge in [0, 0.05) is 12.6 Å². The van der Waals surface area contributed by atoms with Crippen LogP contribution in [-0.4, -0.2) is 47.6 Å². The zero-order valence-electron chi connectivity index (χ0n) is 9.90. The van der Waals surface area contributed by atoms with Crippen LogP contribution in [0.4, 0.5) is 0 Å². The molecule has 0 heterocycles. The topological polar surface area (TPSA) is 69.6 Å². The van der Waals surface area contributed by atoms with Gasteiger partial charge in [-0.3, -0.25) is 14.5 Å². The summed E-state index contributed by atoms with van der Waals surface area (Å²) in [6, 6.07) is 0.0325. The fourth-order valence-electron chi connectivity index (χ4n) is 2.11. The average molecular weight is 228 g/mol. The highest BCUT2D eigenvalue weighted by Gasteiger charge is 2.40. The molecule has 0 spiro atoms. The fourth-order valence-corrected chi connectivity index (χ4v) is 2.11. The molecule has 0 bridgehead atoms. The molecule has 1 aliphatic carbocycles. The molecule has 1 aliphatic rings. The highest BCUT2D eigenvalue weighted by atomic mass is 16.4. The van der Waals surface area contributed by atoms with Crippen LogP contribution in [0.2, 0.25) is 0 Å². The van der Waals surface area contributed by atoms with Gasteiger partial charge in [-0.15, -0.1) is 0 Å². The normalized spacial score (nSPS) is 23.9. The van der Waals surface area contributed by atoms with Gasteiger partial charge in [0.2, 0.25) is 5.91 Å². The summed E-state index contributed by atoms with van der Waals surface area (Å²) in [7, 11) is 0. The van der Waals surface area contributed by atoms with Crippen molar-refractivity contribution < 1.29 is 14.7 Å². The summed E-state index contributed by atoms with van der Waals surface area (Å²) >= 11 is 0. The van der Waals surface area contributed by atoms with Gasteiger partial charge in [0.1, 0.15) is 0 Å². The smallest absolute Gasteiger partial charge is 0.308 e. The van der Waals surface area contributed by atoms with Gasteiger partial charge in [-0.05, 0) is 26.3 Å². The highest BCUT2D eigenvalue weighted by Crippen LogP contribution is 2.32. The maximum Gasteiger partial charge on any atom is 0.308 e. The molecule has 1 saturated carbocycles. The Balaban J connectivity index is 2.48. The first kappa shape index (κ1) is 13.0. The van der Waals surface area contributed by atoms with Gasteiger partial charge in [0.05, 0.1) is 12.5 Å². The van der Waals surface area contributed by atoms with Gasteiger partial charge < -0.3 is 10.4 Å². The fraction of sp³-hybridized carbons (Fsp3) is 0.818. The maximum absolute atomic E-state index is 11.4. The van der Waals surface area contributed by atoms with Crippen LogP contribution in [-0.2, 0) is 9.59 Å². The molecule has 0 aromatic heterocycles. The first-order valence-electron chi connectivity index (χ1n) is 5.83. The second-order valence-corrected chi connectivity index (χ2v) is 4.11. The van der Waals surface area contributed by atoms with Crippen LogP contribution in [0.15, 0.2) is 0 Å². The number of carboxylic acids is 1. The number of carbonyl (C=O) groups excluding carboxylic acids is 1. The number of hydrogen-bond acceptors (Lipinski definition) is 3. The molecule has 1 rings (SSSR count). The Morgan fingerprint density at radius 3 is 2.44 bits per heavy atom. The molecule has 0 aromatic rings. The van der Waals surface area contributed by atoms with Crippen molar-refractivity contribution in [2.75, 3.05) is 19.6 Å². The quantitative estimate of drug-likeness (QED) is 0.686. The Kier molecular flexibility index (Phi) is 4.73. The molecule has 2 unspecified atom stereocenters. The predicted octanol–water partition coefficient (Wildman–Crippen LogP) is 0.308. The van der Waals surface area contributed by atoms with Crippen molar-refractivity contribution in [3.8, 4) is 0 Å². The number of nitrogens with zero attached hydrogens (tertiary/aromatic N) is 1. The molecule has 16 heavy (non-hydrogen) atoms. The number of aliphatic carboxylic acids is 1. The molecule has 0 aromatic carbocycles. The van der Waals surface area contributed by atoms with Crippen molar-refractivity contribution in [3.05, 3.63) is 0 Å². The molecule has 0 radical (unpaired) electrons. The Morgan fingerprint density at radius 1 is 1.38 bits per heavy atom. The minimum absolute atomic E-state index is 0.0274. The van der Waals surface area contributed by atoms with Crippen molar-refractivity contribution in [3.63, 3.8) is 0 Å². The van der Waals surface area contributed by atoms with E-state index in [1.54, 1.807) is 0 Å². The van der Waals surface area contributed by atoms with Gasteiger partial charge in [0.25, 0.3) is 0 Å². The summed E-state index contributed by atoms with van der Waals surface area (Å²) in [4.78, 5) is 24.3. The molecule has 2 N–H and O–H groups in total. The minimum Gasteiger partial charge on any atom is -0.481 e. The molecule has 5 nitrogen and oxygen atoms in total. The van der Waals surface area contributed by atoms with Crippen LogP contribution in [0, 0.1) is 5.92 Å². The third-order valence-electron chi connectivity index (χ3n) is 3.15. The van der Waals surface area contributed by atoms with Crippen LogP contribution in [0.25, 0.3) is 0 Å². The Morgan fingerprint density at radius 2 is 2.06 bits per heavy atom. The molecule has 92 valence electrons. The van der Waals surface area contributed by atoms with E-state index in [1.807, 2.05) is 18.7 Å². The number of likely N-dealkylation sites (N-methyl/N-ethyl adjacent to an activating group) is 2. The molecular weight excluding hydrogens is 208 g/mol. The van der Waals surface area contributed by atoms with Gasteiger partial charge in [0.15, 0.2) is 0 Å². The van der Waals surface area contributed by atoms with E-state index in [4.69, 9.17) is 5.11 Å². The van der Waals surface area contributed by atoms with Gasteiger partial charge in [-0.1, -0.05) is 6.92 Å². The van der Waals surface area contributed by atoms with E-state index in [1.165, 1.54) is 0 Å². The van der Waals surface area contributed by atoms with Crippen molar-refractivity contribution in [1.82, 2.24) is 10.2 Å². The number of amides is 1. The molecule has 0 saturated heterocycles. The molecule has 1 amide bonds. The number of nitrogens with one attached hydrogen (secondary N) is 1. The molecule has 5 heteroatoms. The van der Waals surface area contributed by atoms with Crippen LogP contribution >= 0.6 is 0 Å². The maximum atomic E-state index is 11.4. The van der Waals surface area contributed by atoms with Crippen molar-refractivity contribution in [2.24, 2.45) is 5.92 Å². The van der Waals surface area contributed by atoms with Gasteiger partial charge in [-0.2, -0.15) is 0 Å². The SMILES string of the molecule is CCNC(=O)CN(CC)C1CCC1C(=O)O. The first-order valence-corrected chi connectivity index (χ1v) is 5.83. The zero-order chi connectivity index (χ0) is 12.1. The Hall–Kier alpha value is -1.10. The van der Waals surface area contributed by atoms with Crippen LogP contribution in [0.1, 0.15) is 26.7 Å². The van der Waals surface area contributed by atoms with E-state index >= 15 is 0 Å². The average Bonchev–Trinajstić information content (AvgIpc) is 2.14. The van der Waals surface area contributed by atoms with E-state index in [0.717, 1.165) is 12.8 Å². The second kappa shape index (κ2) is 5.84. The molecule has 1 fully saturated rings. The number of carbonyl (C=O) groups is 2. The predicted molar refractivity (Wildman–Crippen MR) is 60.1 cm³/mol. The summed E-state index contributed by atoms with van der Waals surface area (Å²) in [5.41, 5.74) is 0. The molecular formula is C11H20N2O3. The summed E-state index contributed by atoms with van der Waals surface area (Å²) in [5.74, 6) is -1.07. The van der Waals surface area contributed by atoms with Crippen molar-refractivity contribution in [2.45, 2.75) is 32.7 Å². The van der Waals surface area contributed by atoms with Crippen LogP contribution in [0.3, 0.4) is 0 Å². The van der Waals surface area contributed by atoms with E-state index < -0.39 is 5.97 Å². The minimum atomic E-state index is -0.745. The van der Waals surface area contributed by atoms with Crippen molar-refractivity contribution in [1.29, 1.82) is 0 Å². The van der Waals surface area contributed by atoms with E-state index in [0.29, 0.717) is 19.6 Å². The second-order valence-electron chi connectivity index (χ2n) is 4.11. The lowest BCUT2D eigenvalue weighted by atomic mass is 9.78. The number of carboxylic acid groups (broad SMARTS) is 1. The first-order chi connectivity index (χ1) is 7.60. The third kappa shape index (κ3) is 2.95. The molecule has 0 aliphatic heterocycles. The van der Waals surface area contributed by atoms with E-state index in [-0.39, 0.29) is 17.9 Å². The monoisotopic (exact) mass is 228 g/mol. The van der Waals surface area contributed by atoms with Crippen LogP contribution in [0.5, 0.6) is 0 Å². The lowest BCUT2D eigenvalue weighted by molar-refractivity contribution is -0.149. The van der Waals surface area contributed by atoms with E-state index in [9.17, 15) is 9.59 Å². The van der Waals surface area contributed by atoms with Crippen molar-refractivity contribution >= 4 is 11.9 Å². The van der Waals surface area contributed by atoms with Crippen LogP contribution < -0.4 is 5.32 Å². The van der Waals surface area contributed by atoms with Gasteiger partial charge >= 0.3 is 5.97 Å². The molecule has 2 atom stereocenters. The number of rotatable bonds is 6. The summed E-state index contributed by atoms with van der Waals surface area (Å²) in [6.45, 7) is 5.46. The highest BCUT2D eigenvalue weighted by molar-refractivity contribution is 5.78. The Bertz CT molecular complexity index is 268. The summed E-state index contributed by atoms with van der Waals surface area (Å²) in [5, 5.41) is 11.7. The third-order valence-corrected chi connectivity index (χ3v) is 3.15. The summed E-state index contributed by atoms with van der Waals surface area (Å²) in [6.07, 6.45) is 1.61. The summed E-state index contributed by atoms with van der Waals surface area (Å²) < 4.78 is 0.